The van der Waals surface area contributed by atoms with Crippen molar-refractivity contribution < 1.29 is 4.39 Å². The maximum Gasteiger partial charge on any atom is 0.137 e. The van der Waals surface area contributed by atoms with Gasteiger partial charge in [-0.25, -0.2) is 4.39 Å². The maximum atomic E-state index is 13.3. The van der Waals surface area contributed by atoms with Gasteiger partial charge in [0.05, 0.1) is 4.47 Å². The number of benzene rings is 1. The van der Waals surface area contributed by atoms with E-state index in [2.05, 4.69) is 42.0 Å². The van der Waals surface area contributed by atoms with Crippen LogP contribution in [0.3, 0.4) is 0 Å². The zero-order valence-corrected chi connectivity index (χ0v) is 11.6. The van der Waals surface area contributed by atoms with Crippen LogP contribution in [0.5, 0.6) is 0 Å². The number of nitrogens with one attached hydrogen (secondary N) is 1. The van der Waals surface area contributed by atoms with Crippen LogP contribution in [0.25, 0.3) is 0 Å². The molecular weight excluding hydrogens is 269 g/mol. The van der Waals surface area contributed by atoms with Gasteiger partial charge in [-0.3, -0.25) is 0 Å². The van der Waals surface area contributed by atoms with Crippen LogP contribution < -0.4 is 5.32 Å². The first-order valence-electron chi connectivity index (χ1n) is 5.72. The van der Waals surface area contributed by atoms with Crippen molar-refractivity contribution in [1.29, 1.82) is 0 Å². The van der Waals surface area contributed by atoms with Crippen LogP contribution in [0, 0.1) is 11.7 Å². The summed E-state index contributed by atoms with van der Waals surface area (Å²) in [6.07, 6.45) is 0.851. The summed E-state index contributed by atoms with van der Waals surface area (Å²) < 4.78 is 13.9. The van der Waals surface area contributed by atoms with Crippen LogP contribution in [0.4, 0.5) is 4.39 Å². The Labute approximate surface area is 106 Å². The molecule has 0 aromatic heterocycles. The van der Waals surface area contributed by atoms with Crippen LogP contribution >= 0.6 is 15.9 Å². The largest absolute Gasteiger partial charge is 0.314 e. The van der Waals surface area contributed by atoms with E-state index in [-0.39, 0.29) is 5.82 Å². The molecule has 0 aliphatic heterocycles. The SMILES string of the molecule is CCNC(Cc1cccc(F)c1Br)C(C)C. The van der Waals surface area contributed by atoms with E-state index in [1.54, 1.807) is 6.07 Å². The van der Waals surface area contributed by atoms with E-state index in [0.717, 1.165) is 18.5 Å². The van der Waals surface area contributed by atoms with Gasteiger partial charge < -0.3 is 5.32 Å². The lowest BCUT2D eigenvalue weighted by Gasteiger charge is -2.22. The molecule has 1 aromatic carbocycles. The van der Waals surface area contributed by atoms with Gasteiger partial charge in [0.2, 0.25) is 0 Å². The maximum absolute atomic E-state index is 13.3. The van der Waals surface area contributed by atoms with Crippen LogP contribution in [0.2, 0.25) is 0 Å². The smallest absolute Gasteiger partial charge is 0.137 e. The van der Waals surface area contributed by atoms with Crippen molar-refractivity contribution in [3.63, 3.8) is 0 Å². The highest BCUT2D eigenvalue weighted by molar-refractivity contribution is 9.10. The predicted molar refractivity (Wildman–Crippen MR) is 70.1 cm³/mol. The standard InChI is InChI=1S/C13H19BrFN/c1-4-16-12(9(2)3)8-10-6-5-7-11(15)13(10)14/h5-7,9,12,16H,4,8H2,1-3H3. The molecule has 0 aliphatic rings. The molecule has 0 aliphatic carbocycles. The third kappa shape index (κ3) is 3.56. The lowest BCUT2D eigenvalue weighted by atomic mass is 9.96. The molecule has 0 saturated heterocycles. The van der Waals surface area contributed by atoms with Gasteiger partial charge >= 0.3 is 0 Å². The van der Waals surface area contributed by atoms with Gasteiger partial charge in [-0.15, -0.1) is 0 Å². The second-order valence-corrected chi connectivity index (χ2v) is 5.12. The van der Waals surface area contributed by atoms with Crippen molar-refractivity contribution in [3.05, 3.63) is 34.1 Å². The van der Waals surface area contributed by atoms with Gasteiger partial charge in [0.1, 0.15) is 5.82 Å². The summed E-state index contributed by atoms with van der Waals surface area (Å²) in [6, 6.07) is 5.60. The molecular formula is C13H19BrFN. The second kappa shape index (κ2) is 6.36. The Bertz CT molecular complexity index is 339. The molecule has 1 nitrogen and oxygen atoms in total. The summed E-state index contributed by atoms with van der Waals surface area (Å²) in [5.41, 5.74) is 1.03. The minimum Gasteiger partial charge on any atom is -0.314 e. The van der Waals surface area contributed by atoms with Gasteiger partial charge in [0, 0.05) is 6.04 Å². The Morgan fingerprint density at radius 2 is 2.06 bits per heavy atom. The first-order valence-corrected chi connectivity index (χ1v) is 6.51. The molecule has 0 amide bonds. The van der Waals surface area contributed by atoms with Gasteiger partial charge in [-0.05, 0) is 46.4 Å². The zero-order valence-electron chi connectivity index (χ0n) is 10.1. The number of halogens is 2. The van der Waals surface area contributed by atoms with Crippen molar-refractivity contribution >= 4 is 15.9 Å². The summed E-state index contributed by atoms with van der Waals surface area (Å²) in [6.45, 7) is 7.40. The molecule has 16 heavy (non-hydrogen) atoms. The van der Waals surface area contributed by atoms with E-state index in [0.29, 0.717) is 16.4 Å². The van der Waals surface area contributed by atoms with Gasteiger partial charge in [-0.2, -0.15) is 0 Å². The molecule has 0 spiro atoms. The van der Waals surface area contributed by atoms with E-state index in [1.807, 2.05) is 6.07 Å². The molecule has 1 aromatic rings. The first-order chi connectivity index (χ1) is 7.56. The number of rotatable bonds is 5. The molecule has 0 fully saturated rings. The average Bonchev–Trinajstić information content (AvgIpc) is 2.23. The lowest BCUT2D eigenvalue weighted by Crippen LogP contribution is -2.35. The molecule has 0 saturated carbocycles. The monoisotopic (exact) mass is 287 g/mol. The third-order valence-corrected chi connectivity index (χ3v) is 3.63. The van der Waals surface area contributed by atoms with Crippen LogP contribution in [0.15, 0.2) is 22.7 Å². The van der Waals surface area contributed by atoms with Gasteiger partial charge in [-0.1, -0.05) is 32.9 Å². The Kier molecular flexibility index (Phi) is 5.42. The fraction of sp³-hybridized carbons (Fsp3) is 0.538. The second-order valence-electron chi connectivity index (χ2n) is 4.33. The Hall–Kier alpha value is -0.410. The van der Waals surface area contributed by atoms with Gasteiger partial charge in [0.25, 0.3) is 0 Å². The Morgan fingerprint density at radius 3 is 2.62 bits per heavy atom. The van der Waals surface area contributed by atoms with E-state index in [9.17, 15) is 4.39 Å². The zero-order chi connectivity index (χ0) is 12.1. The van der Waals surface area contributed by atoms with Crippen molar-refractivity contribution in [2.75, 3.05) is 6.54 Å². The van der Waals surface area contributed by atoms with E-state index in [4.69, 9.17) is 0 Å². The lowest BCUT2D eigenvalue weighted by molar-refractivity contribution is 0.404. The fourth-order valence-corrected chi connectivity index (χ4v) is 2.17. The molecule has 1 unspecified atom stereocenters. The highest BCUT2D eigenvalue weighted by Gasteiger charge is 2.15. The van der Waals surface area contributed by atoms with E-state index in [1.165, 1.54) is 6.07 Å². The Balaban J connectivity index is 2.81. The summed E-state index contributed by atoms with van der Waals surface area (Å²) in [5.74, 6) is 0.353. The molecule has 0 heterocycles. The predicted octanol–water partition coefficient (Wildman–Crippen LogP) is 3.76. The molecule has 1 rings (SSSR count). The topological polar surface area (TPSA) is 12.0 Å². The van der Waals surface area contributed by atoms with Crippen molar-refractivity contribution in [2.24, 2.45) is 5.92 Å². The van der Waals surface area contributed by atoms with Crippen molar-refractivity contribution in [1.82, 2.24) is 5.32 Å². The molecule has 1 atom stereocenters. The Morgan fingerprint density at radius 1 is 1.38 bits per heavy atom. The molecule has 0 bridgehead atoms. The van der Waals surface area contributed by atoms with Crippen LogP contribution in [-0.4, -0.2) is 12.6 Å². The third-order valence-electron chi connectivity index (χ3n) is 2.74. The van der Waals surface area contributed by atoms with Crippen LogP contribution in [-0.2, 0) is 6.42 Å². The fourth-order valence-electron chi connectivity index (χ4n) is 1.75. The van der Waals surface area contributed by atoms with Crippen molar-refractivity contribution in [3.8, 4) is 0 Å². The van der Waals surface area contributed by atoms with Gasteiger partial charge in [0.15, 0.2) is 0 Å². The highest BCUT2D eigenvalue weighted by atomic mass is 79.9. The molecule has 3 heteroatoms. The summed E-state index contributed by atoms with van der Waals surface area (Å²) in [5, 5.41) is 3.43. The summed E-state index contributed by atoms with van der Waals surface area (Å²) >= 11 is 3.31. The minimum absolute atomic E-state index is 0.184. The van der Waals surface area contributed by atoms with Crippen molar-refractivity contribution in [2.45, 2.75) is 33.2 Å². The molecule has 1 N–H and O–H groups in total. The quantitative estimate of drug-likeness (QED) is 0.869. The first kappa shape index (κ1) is 13.7. The van der Waals surface area contributed by atoms with E-state index < -0.39 is 0 Å². The van der Waals surface area contributed by atoms with Crippen LogP contribution in [0.1, 0.15) is 26.3 Å². The average molecular weight is 288 g/mol. The number of likely N-dealkylation sites (N-methyl/N-ethyl adjacent to an activating group) is 1. The molecule has 90 valence electrons. The van der Waals surface area contributed by atoms with E-state index >= 15 is 0 Å². The summed E-state index contributed by atoms with van der Waals surface area (Å²) in [4.78, 5) is 0. The highest BCUT2D eigenvalue weighted by Crippen LogP contribution is 2.23. The number of hydrogen-bond acceptors (Lipinski definition) is 1. The summed E-state index contributed by atoms with van der Waals surface area (Å²) in [7, 11) is 0. The molecule has 0 radical (unpaired) electrons. The number of hydrogen-bond donors (Lipinski definition) is 1. The minimum atomic E-state index is -0.184. The normalized spacial score (nSPS) is 13.1.